The maximum atomic E-state index is 11.8. The number of amides is 1. The smallest absolute Gasteiger partial charge is 0.326 e. The number of phenolic OH excluding ortho intramolecular Hbond substituents is 1. The zero-order chi connectivity index (χ0) is 13.8. The highest BCUT2D eigenvalue weighted by Crippen LogP contribution is 2.33. The van der Waals surface area contributed by atoms with Crippen molar-refractivity contribution in [3.05, 3.63) is 29.8 Å². The van der Waals surface area contributed by atoms with Crippen LogP contribution in [0.4, 0.5) is 0 Å². The predicted octanol–water partition coefficient (Wildman–Crippen LogP) is 1.30. The standard InChI is InChI=1S/C14H17NO4/c16-11-5-3-10(4-6-11)8-13(17)15-12(14(18)19)7-9-1-2-9/h3-6,9,12,16H,1-2,7-8H2,(H,15,17)(H,18,19). The van der Waals surface area contributed by atoms with E-state index in [9.17, 15) is 9.59 Å². The Hall–Kier alpha value is -2.04. The highest BCUT2D eigenvalue weighted by Gasteiger charge is 2.30. The van der Waals surface area contributed by atoms with Crippen molar-refractivity contribution in [3.63, 3.8) is 0 Å². The molecule has 0 spiro atoms. The Morgan fingerprint density at radius 1 is 1.26 bits per heavy atom. The number of rotatable bonds is 6. The molecule has 1 saturated carbocycles. The van der Waals surface area contributed by atoms with Crippen molar-refractivity contribution in [2.24, 2.45) is 5.92 Å². The van der Waals surface area contributed by atoms with E-state index >= 15 is 0 Å². The number of carboxylic acids is 1. The summed E-state index contributed by atoms with van der Waals surface area (Å²) in [5.41, 5.74) is 0.742. The molecule has 1 amide bonds. The number of carboxylic acid groups (broad SMARTS) is 1. The topological polar surface area (TPSA) is 86.6 Å². The second kappa shape index (κ2) is 5.73. The SMILES string of the molecule is O=C(Cc1ccc(O)cc1)NC(CC1CC1)C(=O)O. The molecule has 2 rings (SSSR count). The number of benzene rings is 1. The van der Waals surface area contributed by atoms with E-state index in [0.717, 1.165) is 18.4 Å². The van der Waals surface area contributed by atoms with Gasteiger partial charge in [-0.2, -0.15) is 0 Å². The van der Waals surface area contributed by atoms with Crippen molar-refractivity contribution in [1.29, 1.82) is 0 Å². The molecule has 0 bridgehead atoms. The number of hydrogen-bond donors (Lipinski definition) is 3. The number of carbonyl (C=O) groups excluding carboxylic acids is 1. The molecule has 3 N–H and O–H groups in total. The van der Waals surface area contributed by atoms with Crippen LogP contribution in [-0.2, 0) is 16.0 Å². The lowest BCUT2D eigenvalue weighted by Crippen LogP contribution is -2.41. The summed E-state index contributed by atoms with van der Waals surface area (Å²) in [6.45, 7) is 0. The lowest BCUT2D eigenvalue weighted by Gasteiger charge is -2.14. The van der Waals surface area contributed by atoms with Crippen LogP contribution in [0.5, 0.6) is 5.75 Å². The summed E-state index contributed by atoms with van der Waals surface area (Å²) >= 11 is 0. The summed E-state index contributed by atoms with van der Waals surface area (Å²) in [5, 5.41) is 20.7. The third kappa shape index (κ3) is 4.28. The summed E-state index contributed by atoms with van der Waals surface area (Å²) in [7, 11) is 0. The molecule has 1 unspecified atom stereocenters. The molecular weight excluding hydrogens is 246 g/mol. The highest BCUT2D eigenvalue weighted by atomic mass is 16.4. The lowest BCUT2D eigenvalue weighted by molar-refractivity contribution is -0.142. The Morgan fingerprint density at radius 2 is 1.89 bits per heavy atom. The van der Waals surface area contributed by atoms with Gasteiger partial charge in [-0.1, -0.05) is 25.0 Å². The maximum Gasteiger partial charge on any atom is 0.326 e. The molecule has 102 valence electrons. The molecule has 0 aromatic heterocycles. The van der Waals surface area contributed by atoms with Gasteiger partial charge in [0, 0.05) is 0 Å². The average molecular weight is 263 g/mol. The maximum absolute atomic E-state index is 11.8. The van der Waals surface area contributed by atoms with Crippen LogP contribution >= 0.6 is 0 Å². The van der Waals surface area contributed by atoms with Crippen molar-refractivity contribution in [3.8, 4) is 5.75 Å². The Bertz CT molecular complexity index is 465. The molecule has 1 atom stereocenters. The van der Waals surface area contributed by atoms with E-state index in [1.54, 1.807) is 12.1 Å². The first-order valence-electron chi connectivity index (χ1n) is 6.34. The van der Waals surface area contributed by atoms with Gasteiger partial charge in [0.25, 0.3) is 0 Å². The molecule has 1 fully saturated rings. The summed E-state index contributed by atoms with van der Waals surface area (Å²) in [6.07, 6.45) is 2.74. The Balaban J connectivity index is 1.87. The van der Waals surface area contributed by atoms with Gasteiger partial charge >= 0.3 is 5.97 Å². The third-order valence-corrected chi connectivity index (χ3v) is 3.20. The van der Waals surface area contributed by atoms with Crippen LogP contribution in [0.1, 0.15) is 24.8 Å². The van der Waals surface area contributed by atoms with E-state index in [1.807, 2.05) is 0 Å². The van der Waals surface area contributed by atoms with E-state index in [0.29, 0.717) is 12.3 Å². The number of nitrogens with one attached hydrogen (secondary N) is 1. The summed E-state index contributed by atoms with van der Waals surface area (Å²) in [4.78, 5) is 22.8. The Kier molecular flexibility index (Phi) is 4.04. The van der Waals surface area contributed by atoms with Crippen molar-refractivity contribution in [1.82, 2.24) is 5.32 Å². The van der Waals surface area contributed by atoms with Crippen LogP contribution in [0.15, 0.2) is 24.3 Å². The molecule has 0 aliphatic heterocycles. The normalized spacial score (nSPS) is 15.8. The van der Waals surface area contributed by atoms with E-state index in [1.165, 1.54) is 12.1 Å². The molecule has 19 heavy (non-hydrogen) atoms. The van der Waals surface area contributed by atoms with Crippen molar-refractivity contribution in [2.45, 2.75) is 31.7 Å². The lowest BCUT2D eigenvalue weighted by atomic mass is 10.1. The molecule has 0 radical (unpaired) electrons. The zero-order valence-electron chi connectivity index (χ0n) is 10.5. The van der Waals surface area contributed by atoms with Crippen LogP contribution < -0.4 is 5.32 Å². The Morgan fingerprint density at radius 3 is 2.42 bits per heavy atom. The molecule has 1 aliphatic rings. The first kappa shape index (κ1) is 13.4. The molecule has 0 heterocycles. The van der Waals surface area contributed by atoms with E-state index in [2.05, 4.69) is 5.32 Å². The van der Waals surface area contributed by atoms with Gasteiger partial charge in [-0.25, -0.2) is 4.79 Å². The Labute approximate surface area is 111 Å². The molecule has 1 aliphatic carbocycles. The van der Waals surface area contributed by atoms with Crippen LogP contribution in [0.3, 0.4) is 0 Å². The van der Waals surface area contributed by atoms with Gasteiger partial charge in [0.05, 0.1) is 6.42 Å². The zero-order valence-corrected chi connectivity index (χ0v) is 10.5. The third-order valence-electron chi connectivity index (χ3n) is 3.20. The summed E-state index contributed by atoms with van der Waals surface area (Å²) < 4.78 is 0. The van der Waals surface area contributed by atoms with E-state index < -0.39 is 12.0 Å². The fourth-order valence-corrected chi connectivity index (χ4v) is 1.95. The number of hydrogen-bond acceptors (Lipinski definition) is 3. The number of carbonyl (C=O) groups is 2. The average Bonchev–Trinajstić information content (AvgIpc) is 3.15. The van der Waals surface area contributed by atoms with Gasteiger partial charge < -0.3 is 15.5 Å². The van der Waals surface area contributed by atoms with Crippen molar-refractivity contribution in [2.75, 3.05) is 0 Å². The quantitative estimate of drug-likeness (QED) is 0.722. The van der Waals surface area contributed by atoms with Gasteiger partial charge in [-0.3, -0.25) is 4.79 Å². The first-order valence-corrected chi connectivity index (χ1v) is 6.34. The monoisotopic (exact) mass is 263 g/mol. The van der Waals surface area contributed by atoms with E-state index in [-0.39, 0.29) is 18.1 Å². The minimum atomic E-state index is -0.981. The van der Waals surface area contributed by atoms with E-state index in [4.69, 9.17) is 10.2 Å². The molecule has 1 aromatic carbocycles. The largest absolute Gasteiger partial charge is 0.508 e. The van der Waals surface area contributed by atoms with Crippen molar-refractivity contribution >= 4 is 11.9 Å². The molecule has 5 nitrogen and oxygen atoms in total. The van der Waals surface area contributed by atoms with Gasteiger partial charge in [0.15, 0.2) is 0 Å². The summed E-state index contributed by atoms with van der Waals surface area (Å²) in [6, 6.07) is 5.50. The molecular formula is C14H17NO4. The highest BCUT2D eigenvalue weighted by molar-refractivity contribution is 5.84. The predicted molar refractivity (Wildman–Crippen MR) is 68.7 cm³/mol. The van der Waals surface area contributed by atoms with Crippen LogP contribution in [0, 0.1) is 5.92 Å². The number of aliphatic carboxylic acids is 1. The summed E-state index contributed by atoms with van der Waals surface area (Å²) in [5.74, 6) is -0.707. The van der Waals surface area contributed by atoms with Gasteiger partial charge in [0.1, 0.15) is 11.8 Å². The fraction of sp³-hybridized carbons (Fsp3) is 0.429. The van der Waals surface area contributed by atoms with Crippen molar-refractivity contribution < 1.29 is 19.8 Å². The second-order valence-electron chi connectivity index (χ2n) is 4.98. The van der Waals surface area contributed by atoms with Crippen LogP contribution in [-0.4, -0.2) is 28.1 Å². The molecule has 5 heteroatoms. The van der Waals surface area contributed by atoms with Crippen LogP contribution in [0.2, 0.25) is 0 Å². The number of aromatic hydroxyl groups is 1. The fourth-order valence-electron chi connectivity index (χ4n) is 1.95. The molecule has 1 aromatic rings. The van der Waals surface area contributed by atoms with Gasteiger partial charge in [-0.05, 0) is 30.0 Å². The molecule has 0 saturated heterocycles. The minimum absolute atomic E-state index is 0.120. The van der Waals surface area contributed by atoms with Gasteiger partial charge in [-0.15, -0.1) is 0 Å². The van der Waals surface area contributed by atoms with Gasteiger partial charge in [0.2, 0.25) is 5.91 Å². The first-order chi connectivity index (χ1) is 9.04. The minimum Gasteiger partial charge on any atom is -0.508 e. The number of phenols is 1. The van der Waals surface area contributed by atoms with Crippen LogP contribution in [0.25, 0.3) is 0 Å². The second-order valence-corrected chi connectivity index (χ2v) is 4.98.